The molecule has 0 atom stereocenters. The first kappa shape index (κ1) is 11.0. The van der Waals surface area contributed by atoms with Crippen LogP contribution in [-0.4, -0.2) is 5.91 Å². The van der Waals surface area contributed by atoms with Crippen LogP contribution in [0, 0.1) is 20.4 Å². The Balaban J connectivity index is 3.50. The zero-order valence-corrected chi connectivity index (χ0v) is 9.20. The van der Waals surface area contributed by atoms with E-state index in [9.17, 15) is 4.79 Å². The summed E-state index contributed by atoms with van der Waals surface area (Å²) in [5.41, 5.74) is 1.61. The van der Waals surface area contributed by atoms with Gasteiger partial charge in [0.25, 0.3) is 0 Å². The third-order valence-electron chi connectivity index (χ3n) is 2.02. The predicted molar refractivity (Wildman–Crippen MR) is 56.9 cm³/mol. The third-order valence-corrected chi connectivity index (χ3v) is 2.98. The standard InChI is InChI=1S/C10H7Cl2NO/c1-5-7(10(14)13-3)4-8(11)6(2)9(5)12/h4H,1-2H3. The van der Waals surface area contributed by atoms with Gasteiger partial charge in [-0.3, -0.25) is 0 Å². The normalized spacial score (nSPS) is 9.64. The number of nitrogens with zero attached hydrogens (tertiary/aromatic N) is 1. The summed E-state index contributed by atoms with van der Waals surface area (Å²) in [6.07, 6.45) is 0. The van der Waals surface area contributed by atoms with Gasteiger partial charge in [-0.1, -0.05) is 23.2 Å². The Kier molecular flexibility index (Phi) is 3.15. The highest BCUT2D eigenvalue weighted by atomic mass is 35.5. The SMILES string of the molecule is [C-]#[N+]C(=O)c1cc(Cl)c(C)c(Cl)c1C. The van der Waals surface area contributed by atoms with Crippen LogP contribution in [0.4, 0.5) is 0 Å². The van der Waals surface area contributed by atoms with Gasteiger partial charge in [0.2, 0.25) is 0 Å². The lowest BCUT2D eigenvalue weighted by Gasteiger charge is -2.08. The minimum Gasteiger partial charge on any atom is -0.311 e. The van der Waals surface area contributed by atoms with Gasteiger partial charge < -0.3 is 4.79 Å². The lowest BCUT2D eigenvalue weighted by molar-refractivity contribution is 0.104. The first-order valence-electron chi connectivity index (χ1n) is 3.86. The van der Waals surface area contributed by atoms with Crippen LogP contribution in [0.1, 0.15) is 21.5 Å². The zero-order chi connectivity index (χ0) is 10.9. The van der Waals surface area contributed by atoms with Crippen LogP contribution < -0.4 is 0 Å². The fourth-order valence-corrected chi connectivity index (χ4v) is 1.59. The van der Waals surface area contributed by atoms with Crippen molar-refractivity contribution in [2.75, 3.05) is 0 Å². The van der Waals surface area contributed by atoms with Crippen molar-refractivity contribution in [2.24, 2.45) is 0 Å². The molecular formula is C10H7Cl2NO. The van der Waals surface area contributed by atoms with Gasteiger partial charge in [0.05, 0.1) is 6.57 Å². The van der Waals surface area contributed by atoms with Crippen molar-refractivity contribution in [3.8, 4) is 0 Å². The number of hydrogen-bond donors (Lipinski definition) is 0. The first-order chi connectivity index (χ1) is 6.49. The molecule has 0 heterocycles. The van der Waals surface area contributed by atoms with Crippen molar-refractivity contribution in [3.63, 3.8) is 0 Å². The molecule has 0 saturated heterocycles. The predicted octanol–water partition coefficient (Wildman–Crippen LogP) is 3.67. The lowest BCUT2D eigenvalue weighted by atomic mass is 10.1. The molecule has 1 rings (SSSR count). The molecule has 0 unspecified atom stereocenters. The molecule has 4 heteroatoms. The van der Waals surface area contributed by atoms with Crippen LogP contribution in [0.2, 0.25) is 10.0 Å². The van der Waals surface area contributed by atoms with E-state index in [4.69, 9.17) is 29.8 Å². The Bertz CT molecular complexity index is 446. The van der Waals surface area contributed by atoms with Gasteiger partial charge in [0, 0.05) is 15.6 Å². The summed E-state index contributed by atoms with van der Waals surface area (Å²) in [5.74, 6) is -0.633. The highest BCUT2D eigenvalue weighted by Crippen LogP contribution is 2.30. The van der Waals surface area contributed by atoms with Crippen molar-refractivity contribution in [2.45, 2.75) is 13.8 Å². The summed E-state index contributed by atoms with van der Waals surface area (Å²) in [6, 6.07) is 1.48. The molecule has 0 aromatic heterocycles. The smallest absolute Gasteiger partial charge is 0.311 e. The number of halogens is 2. The first-order valence-corrected chi connectivity index (χ1v) is 4.61. The summed E-state index contributed by atoms with van der Waals surface area (Å²) in [4.78, 5) is 14.0. The number of carbonyl (C=O) groups excluding carboxylic acids is 1. The molecule has 2 nitrogen and oxygen atoms in total. The largest absolute Gasteiger partial charge is 0.386 e. The number of rotatable bonds is 1. The summed E-state index contributed by atoms with van der Waals surface area (Å²) < 4.78 is 0. The zero-order valence-electron chi connectivity index (χ0n) is 7.69. The molecule has 0 aliphatic rings. The molecule has 0 aliphatic heterocycles. The Morgan fingerprint density at radius 1 is 1.36 bits per heavy atom. The second-order valence-corrected chi connectivity index (χ2v) is 3.67. The lowest BCUT2D eigenvalue weighted by Crippen LogP contribution is -1.98. The molecule has 1 aromatic rings. The van der Waals surface area contributed by atoms with E-state index in [0.29, 0.717) is 15.6 Å². The molecule has 0 radical (unpaired) electrons. The Morgan fingerprint density at radius 3 is 2.43 bits per heavy atom. The van der Waals surface area contributed by atoms with Crippen molar-refractivity contribution < 1.29 is 4.79 Å². The molecule has 0 fully saturated rings. The van der Waals surface area contributed by atoms with Gasteiger partial charge in [-0.05, 0) is 31.0 Å². The van der Waals surface area contributed by atoms with Gasteiger partial charge in [-0.15, -0.1) is 0 Å². The molecule has 14 heavy (non-hydrogen) atoms. The molecule has 1 amide bonds. The van der Waals surface area contributed by atoms with Crippen LogP contribution in [-0.2, 0) is 0 Å². The van der Waals surface area contributed by atoms with Crippen LogP contribution in [0.25, 0.3) is 4.85 Å². The van der Waals surface area contributed by atoms with Gasteiger partial charge in [0.1, 0.15) is 0 Å². The van der Waals surface area contributed by atoms with Gasteiger partial charge in [0.15, 0.2) is 0 Å². The van der Waals surface area contributed by atoms with Crippen LogP contribution in [0.3, 0.4) is 0 Å². The molecule has 0 N–H and O–H groups in total. The average Bonchev–Trinajstić information content (AvgIpc) is 2.19. The third kappa shape index (κ3) is 1.75. The summed E-state index contributed by atoms with van der Waals surface area (Å²) in [7, 11) is 0. The van der Waals surface area contributed by atoms with E-state index in [1.807, 2.05) is 0 Å². The number of amides is 1. The summed E-state index contributed by atoms with van der Waals surface area (Å²) in [6.45, 7) is 10.1. The summed E-state index contributed by atoms with van der Waals surface area (Å²) >= 11 is 11.8. The number of benzene rings is 1. The van der Waals surface area contributed by atoms with Gasteiger partial charge in [-0.25, -0.2) is 0 Å². The van der Waals surface area contributed by atoms with Crippen molar-refractivity contribution in [1.82, 2.24) is 0 Å². The molecule has 0 spiro atoms. The van der Waals surface area contributed by atoms with Crippen LogP contribution in [0.15, 0.2) is 6.07 Å². The van der Waals surface area contributed by atoms with Gasteiger partial charge >= 0.3 is 5.91 Å². The van der Waals surface area contributed by atoms with E-state index in [1.54, 1.807) is 13.8 Å². The van der Waals surface area contributed by atoms with E-state index in [2.05, 4.69) is 4.85 Å². The Hall–Kier alpha value is -1.04. The second kappa shape index (κ2) is 4.00. The molecule has 1 aromatic carbocycles. The topological polar surface area (TPSA) is 21.4 Å². The van der Waals surface area contributed by atoms with E-state index in [1.165, 1.54) is 6.07 Å². The second-order valence-electron chi connectivity index (χ2n) is 2.89. The summed E-state index contributed by atoms with van der Waals surface area (Å²) in [5, 5.41) is 0.858. The molecule has 0 bridgehead atoms. The number of carbonyl (C=O) groups is 1. The molecule has 72 valence electrons. The fourth-order valence-electron chi connectivity index (χ4n) is 1.13. The Labute approximate surface area is 92.3 Å². The fraction of sp³-hybridized carbons (Fsp3) is 0.200. The molecular weight excluding hydrogens is 221 g/mol. The minimum absolute atomic E-state index is 0.278. The van der Waals surface area contributed by atoms with E-state index in [-0.39, 0.29) is 5.56 Å². The average molecular weight is 228 g/mol. The minimum atomic E-state index is -0.633. The van der Waals surface area contributed by atoms with E-state index >= 15 is 0 Å². The van der Waals surface area contributed by atoms with Crippen molar-refractivity contribution >= 4 is 29.1 Å². The van der Waals surface area contributed by atoms with Crippen LogP contribution >= 0.6 is 23.2 Å². The highest BCUT2D eigenvalue weighted by molar-refractivity contribution is 6.37. The highest BCUT2D eigenvalue weighted by Gasteiger charge is 2.14. The van der Waals surface area contributed by atoms with Gasteiger partial charge in [-0.2, -0.15) is 4.85 Å². The van der Waals surface area contributed by atoms with Crippen LogP contribution in [0.5, 0.6) is 0 Å². The number of hydrogen-bond acceptors (Lipinski definition) is 1. The quantitative estimate of drug-likeness (QED) is 0.672. The maximum Gasteiger partial charge on any atom is 0.386 e. The maximum atomic E-state index is 11.2. The molecule has 0 saturated carbocycles. The van der Waals surface area contributed by atoms with E-state index in [0.717, 1.165) is 5.56 Å². The van der Waals surface area contributed by atoms with Crippen molar-refractivity contribution in [3.05, 3.63) is 44.2 Å². The van der Waals surface area contributed by atoms with E-state index < -0.39 is 5.91 Å². The maximum absolute atomic E-state index is 11.2. The molecule has 0 aliphatic carbocycles. The van der Waals surface area contributed by atoms with Crippen molar-refractivity contribution in [1.29, 1.82) is 0 Å². The monoisotopic (exact) mass is 227 g/mol. The Morgan fingerprint density at radius 2 is 1.93 bits per heavy atom.